The Hall–Kier alpha value is -2.45. The molecule has 4 unspecified atom stereocenters. The number of rotatable bonds is 8. The molecule has 262 valence electrons. The summed E-state index contributed by atoms with van der Waals surface area (Å²) in [5, 5.41) is 38.0. The number of aliphatic hydroxyl groups is 3. The number of hydrogen-bond acceptors (Lipinski definition) is 11. The number of carbonyl (C=O) groups excluding carboxylic acids is 3. The van der Waals surface area contributed by atoms with Crippen molar-refractivity contribution in [1.82, 2.24) is 4.90 Å². The number of imide groups is 1. The zero-order chi connectivity index (χ0) is 34.1. The first kappa shape index (κ1) is 32.7. The molecule has 2 saturated heterocycles. The fourth-order valence-corrected chi connectivity index (χ4v) is 12.9. The van der Waals surface area contributed by atoms with Crippen molar-refractivity contribution in [2.75, 3.05) is 45.9 Å². The van der Waals surface area contributed by atoms with Gasteiger partial charge < -0.3 is 34.3 Å². The van der Waals surface area contributed by atoms with Crippen molar-refractivity contribution in [2.45, 2.75) is 87.6 Å². The van der Waals surface area contributed by atoms with E-state index in [-0.39, 0.29) is 66.4 Å². The number of hydrogen-bond donors (Lipinski definition) is 3. The van der Waals surface area contributed by atoms with Crippen LogP contribution in [0.1, 0.15) is 56.3 Å². The number of ether oxygens (including phenoxy) is 4. The van der Waals surface area contributed by atoms with Crippen LogP contribution < -0.4 is 4.90 Å². The van der Waals surface area contributed by atoms with Gasteiger partial charge in [0.25, 0.3) is 0 Å². The maximum absolute atomic E-state index is 14.0. The van der Waals surface area contributed by atoms with Crippen LogP contribution in [0.15, 0.2) is 24.3 Å². The van der Waals surface area contributed by atoms with Crippen LogP contribution in [0.25, 0.3) is 0 Å². The topological polar surface area (TPSA) is 155 Å². The van der Waals surface area contributed by atoms with E-state index in [4.69, 9.17) is 18.9 Å². The molecule has 1 aromatic carbocycles. The van der Waals surface area contributed by atoms with Crippen molar-refractivity contribution >= 4 is 23.5 Å². The van der Waals surface area contributed by atoms with Gasteiger partial charge in [0.05, 0.1) is 48.3 Å². The number of esters is 1. The summed E-state index contributed by atoms with van der Waals surface area (Å²) in [6.45, 7) is 4.81. The molecule has 14 atom stereocenters. The van der Waals surface area contributed by atoms with E-state index in [0.29, 0.717) is 32.4 Å². The molecule has 7 bridgehead atoms. The fraction of sp³-hybridized carbons (Fsp3) is 0.750. The molecule has 2 heterocycles. The average molecular weight is 669 g/mol. The highest BCUT2D eigenvalue weighted by atomic mass is 16.5. The van der Waals surface area contributed by atoms with Crippen LogP contribution in [0, 0.1) is 40.4 Å². The third-order valence-electron chi connectivity index (χ3n) is 14.3. The molecule has 2 aliphatic heterocycles. The summed E-state index contributed by atoms with van der Waals surface area (Å²) in [5.41, 5.74) is -4.53. The molecule has 7 fully saturated rings. The van der Waals surface area contributed by atoms with E-state index in [1.54, 1.807) is 52.5 Å². The van der Waals surface area contributed by atoms with Gasteiger partial charge in [-0.2, -0.15) is 0 Å². The zero-order valence-corrected chi connectivity index (χ0v) is 28.3. The summed E-state index contributed by atoms with van der Waals surface area (Å²) in [7, 11) is 4.87. The van der Waals surface area contributed by atoms with Crippen LogP contribution in [-0.4, -0.2) is 121 Å². The molecule has 5 aliphatic carbocycles. The Balaban J connectivity index is 1.23. The first-order valence-electron chi connectivity index (χ1n) is 17.5. The van der Waals surface area contributed by atoms with Crippen LogP contribution in [0.2, 0.25) is 0 Å². The third kappa shape index (κ3) is 3.62. The molecular weight excluding hydrogens is 620 g/mol. The molecule has 5 saturated carbocycles. The maximum atomic E-state index is 14.0. The number of carbonyl (C=O) groups is 3. The summed E-state index contributed by atoms with van der Waals surface area (Å²) >= 11 is 0. The Labute approximate surface area is 280 Å². The highest BCUT2D eigenvalue weighted by Gasteiger charge is 2.91. The lowest BCUT2D eigenvalue weighted by atomic mass is 9.42. The predicted octanol–water partition coefficient (Wildman–Crippen LogP) is 1.38. The number of amides is 2. The summed E-state index contributed by atoms with van der Waals surface area (Å²) in [6, 6.07) is 6.01. The van der Waals surface area contributed by atoms with E-state index >= 15 is 0 Å². The molecule has 8 rings (SSSR count). The number of aliphatic hydroxyl groups excluding tert-OH is 1. The SMILES string of the molecule is CCN1C[C@]2(COC(=O)c3ccccc3N3C(=O)C[C@H](C)C3=O)CCC(OC)C34C1C(O)([C@@H](OC)[C@@H]32)[C@@]1(O)C[C@H](OC)[C@@H]2C[C@H]4[C@@H]1[C@H]2O. The molecule has 3 N–H and O–H groups in total. The normalized spacial score (nSPS) is 48.7. The van der Waals surface area contributed by atoms with Gasteiger partial charge in [-0.15, -0.1) is 0 Å². The molecular formula is C36H48N2O10. The number of para-hydroxylation sites is 1. The number of benzene rings is 1. The first-order chi connectivity index (χ1) is 22.9. The molecule has 0 aromatic heterocycles. The van der Waals surface area contributed by atoms with Gasteiger partial charge in [0, 0.05) is 75.2 Å². The summed E-state index contributed by atoms with van der Waals surface area (Å²) in [5.74, 6) is -3.18. The minimum absolute atomic E-state index is 0.00294. The van der Waals surface area contributed by atoms with Crippen LogP contribution >= 0.6 is 0 Å². The molecule has 12 heteroatoms. The largest absolute Gasteiger partial charge is 0.461 e. The zero-order valence-electron chi connectivity index (χ0n) is 28.3. The quantitative estimate of drug-likeness (QED) is 0.272. The van der Waals surface area contributed by atoms with Gasteiger partial charge in [-0.1, -0.05) is 26.0 Å². The summed E-state index contributed by atoms with van der Waals surface area (Å²) < 4.78 is 24.8. The lowest BCUT2D eigenvalue weighted by Crippen LogP contribution is -2.82. The van der Waals surface area contributed by atoms with Crippen molar-refractivity contribution in [2.24, 2.45) is 40.4 Å². The van der Waals surface area contributed by atoms with Gasteiger partial charge in [-0.3, -0.25) is 14.5 Å². The molecule has 0 radical (unpaired) electrons. The Bertz CT molecular complexity index is 1540. The van der Waals surface area contributed by atoms with Gasteiger partial charge in [0.2, 0.25) is 11.8 Å². The van der Waals surface area contributed by atoms with E-state index in [1.807, 2.05) is 6.92 Å². The third-order valence-corrected chi connectivity index (χ3v) is 14.3. The molecule has 12 nitrogen and oxygen atoms in total. The van der Waals surface area contributed by atoms with E-state index < -0.39 is 64.2 Å². The van der Waals surface area contributed by atoms with Crippen molar-refractivity contribution in [1.29, 1.82) is 0 Å². The number of nitrogens with zero attached hydrogens (tertiary/aromatic N) is 2. The summed E-state index contributed by atoms with van der Waals surface area (Å²) in [6.07, 6.45) is -0.287. The second-order valence-corrected chi connectivity index (χ2v) is 15.7. The molecule has 1 spiro atoms. The van der Waals surface area contributed by atoms with Gasteiger partial charge in [0.1, 0.15) is 11.2 Å². The van der Waals surface area contributed by atoms with E-state index in [9.17, 15) is 29.7 Å². The smallest absolute Gasteiger partial charge is 0.340 e. The number of piperidine rings is 1. The number of likely N-dealkylation sites (tertiary alicyclic amines) is 1. The van der Waals surface area contributed by atoms with Gasteiger partial charge in [-0.25, -0.2) is 9.69 Å². The molecule has 2 amide bonds. The van der Waals surface area contributed by atoms with Gasteiger partial charge in [0.15, 0.2) is 0 Å². The molecule has 48 heavy (non-hydrogen) atoms. The van der Waals surface area contributed by atoms with Gasteiger partial charge >= 0.3 is 5.97 Å². The van der Waals surface area contributed by atoms with Crippen LogP contribution in [0.3, 0.4) is 0 Å². The first-order valence-corrected chi connectivity index (χ1v) is 17.5. The maximum Gasteiger partial charge on any atom is 0.340 e. The van der Waals surface area contributed by atoms with E-state index in [1.165, 1.54) is 0 Å². The fourth-order valence-electron chi connectivity index (χ4n) is 12.9. The summed E-state index contributed by atoms with van der Waals surface area (Å²) in [4.78, 5) is 43.1. The average Bonchev–Trinajstić information content (AvgIpc) is 3.56. The lowest BCUT2D eigenvalue weighted by molar-refractivity contribution is -0.318. The van der Waals surface area contributed by atoms with Crippen molar-refractivity contribution in [3.05, 3.63) is 29.8 Å². The Kier molecular flexibility index (Phi) is 7.35. The highest BCUT2D eigenvalue weighted by molar-refractivity contribution is 6.22. The lowest BCUT2D eigenvalue weighted by Gasteiger charge is -2.70. The number of anilines is 1. The molecule has 7 aliphatic rings. The minimum atomic E-state index is -1.77. The predicted molar refractivity (Wildman–Crippen MR) is 170 cm³/mol. The standard InChI is InChI=1S/C36H48N2O10/c1-6-37-16-33(17-48-31(42)19-9-7-8-10-22(19)38-25(39)13-18(2)30(38)41)12-11-24(46-4)35-21-14-20-23(45-3)15-34(43,26(21)27(20)40)36(44,32(35)37)29(47-5)28(33)35/h7-10,18,20-21,23-24,26-29,32,40,43-44H,6,11-17H2,1-5H3/t18-,20-,21-,23-,24?,26+,27-,28+,29-,32?,33-,34+,35?,36?/m0/s1. The number of methoxy groups -OCH3 is 3. The van der Waals surface area contributed by atoms with E-state index in [0.717, 1.165) is 4.90 Å². The minimum Gasteiger partial charge on any atom is -0.461 e. The van der Waals surface area contributed by atoms with Gasteiger partial charge in [-0.05, 0) is 43.9 Å². The Morgan fingerprint density at radius 2 is 1.83 bits per heavy atom. The second-order valence-electron chi connectivity index (χ2n) is 15.7. The van der Waals surface area contributed by atoms with Crippen LogP contribution in [-0.2, 0) is 28.5 Å². The Morgan fingerprint density at radius 1 is 1.08 bits per heavy atom. The number of fused-ring (bicyclic) bond motifs is 2. The monoisotopic (exact) mass is 668 g/mol. The molecule has 1 aromatic rings. The highest BCUT2D eigenvalue weighted by Crippen LogP contribution is 2.80. The second kappa shape index (κ2) is 10.8. The number of likely N-dealkylation sites (N-methyl/N-ethyl adjacent to an activating group) is 1. The van der Waals surface area contributed by atoms with Crippen LogP contribution in [0.4, 0.5) is 5.69 Å². The van der Waals surface area contributed by atoms with E-state index in [2.05, 4.69) is 4.90 Å². The van der Waals surface area contributed by atoms with Crippen molar-refractivity contribution < 1.29 is 48.7 Å². The van der Waals surface area contributed by atoms with Crippen molar-refractivity contribution in [3.63, 3.8) is 0 Å². The van der Waals surface area contributed by atoms with Crippen molar-refractivity contribution in [3.8, 4) is 0 Å². The van der Waals surface area contributed by atoms with Crippen LogP contribution in [0.5, 0.6) is 0 Å². The Morgan fingerprint density at radius 3 is 2.48 bits per heavy atom.